The summed E-state index contributed by atoms with van der Waals surface area (Å²) >= 11 is 0. The fraction of sp³-hybridized carbons (Fsp3) is 0.0588. The zero-order valence-electron chi connectivity index (χ0n) is 12.6. The lowest BCUT2D eigenvalue weighted by Crippen LogP contribution is -2.31. The molecule has 0 fully saturated rings. The summed E-state index contributed by atoms with van der Waals surface area (Å²) in [6, 6.07) is 4.07. The molecule has 8 heteroatoms. The predicted octanol–water partition coefficient (Wildman–Crippen LogP) is 3.56. The van der Waals surface area contributed by atoms with E-state index in [9.17, 15) is 32.3 Å². The monoisotopic (exact) mass is 351 g/mol. The van der Waals surface area contributed by atoms with E-state index < -0.39 is 52.0 Å². The van der Waals surface area contributed by atoms with Gasteiger partial charge in [-0.2, -0.15) is 0 Å². The number of fused-ring (bicyclic) bond motifs is 1. The minimum absolute atomic E-state index is 0.00393. The van der Waals surface area contributed by atoms with Gasteiger partial charge in [-0.3, -0.25) is 9.59 Å². The Labute approximate surface area is 138 Å². The first-order valence-corrected chi connectivity index (χ1v) is 6.95. The molecule has 1 aliphatic rings. The Kier molecular flexibility index (Phi) is 3.82. The van der Waals surface area contributed by atoms with Gasteiger partial charge in [0.1, 0.15) is 11.6 Å². The Morgan fingerprint density at radius 3 is 2.20 bits per heavy atom. The number of aliphatic hydroxyl groups is 1. The van der Waals surface area contributed by atoms with E-state index >= 15 is 0 Å². The Morgan fingerprint density at radius 2 is 1.64 bits per heavy atom. The Bertz CT molecular complexity index is 945. The summed E-state index contributed by atoms with van der Waals surface area (Å²) in [4.78, 5) is 24.8. The van der Waals surface area contributed by atoms with Gasteiger partial charge in [-0.1, -0.05) is 0 Å². The van der Waals surface area contributed by atoms with Crippen LogP contribution < -0.4 is 4.90 Å². The van der Waals surface area contributed by atoms with E-state index in [1.165, 1.54) is 0 Å². The molecule has 4 nitrogen and oxygen atoms in total. The van der Waals surface area contributed by atoms with Crippen LogP contribution >= 0.6 is 0 Å². The highest BCUT2D eigenvalue weighted by Crippen LogP contribution is 2.40. The molecule has 128 valence electrons. The first-order chi connectivity index (χ1) is 11.7. The summed E-state index contributed by atoms with van der Waals surface area (Å²) in [5, 5.41) is 10.3. The van der Waals surface area contributed by atoms with Crippen LogP contribution in [0.3, 0.4) is 0 Å². The molecule has 0 radical (unpaired) electrons. The van der Waals surface area contributed by atoms with Crippen LogP contribution in [0.15, 0.2) is 30.3 Å². The molecule has 1 N–H and O–H groups in total. The highest BCUT2D eigenvalue weighted by molar-refractivity contribution is 6.42. The van der Waals surface area contributed by atoms with Crippen molar-refractivity contribution in [3.8, 4) is 0 Å². The summed E-state index contributed by atoms with van der Waals surface area (Å²) in [5.41, 5.74) is -1.05. The van der Waals surface area contributed by atoms with Crippen LogP contribution in [-0.4, -0.2) is 16.9 Å². The van der Waals surface area contributed by atoms with Gasteiger partial charge in [-0.25, -0.2) is 22.5 Å². The molecule has 3 rings (SSSR count). The van der Waals surface area contributed by atoms with Crippen LogP contribution in [0, 0.1) is 23.3 Å². The van der Waals surface area contributed by atoms with Crippen LogP contribution in [0.4, 0.5) is 23.2 Å². The van der Waals surface area contributed by atoms with Crippen LogP contribution in [0.5, 0.6) is 0 Å². The van der Waals surface area contributed by atoms with E-state index in [1.54, 1.807) is 0 Å². The number of nitrogens with zero attached hydrogens (tertiary/aromatic N) is 1. The van der Waals surface area contributed by atoms with Crippen LogP contribution in [0.25, 0.3) is 11.3 Å². The summed E-state index contributed by atoms with van der Waals surface area (Å²) in [6.07, 6.45) is 0. The van der Waals surface area contributed by atoms with E-state index in [-0.39, 0.29) is 11.3 Å². The highest BCUT2D eigenvalue weighted by atomic mass is 19.2. The van der Waals surface area contributed by atoms with Gasteiger partial charge in [-0.05, 0) is 30.3 Å². The van der Waals surface area contributed by atoms with Gasteiger partial charge < -0.3 is 5.11 Å². The number of anilines is 1. The second kappa shape index (κ2) is 5.73. The molecule has 0 aromatic heterocycles. The van der Waals surface area contributed by atoms with Crippen molar-refractivity contribution >= 4 is 28.8 Å². The van der Waals surface area contributed by atoms with E-state index in [1.807, 2.05) is 0 Å². The molecule has 0 bridgehead atoms. The van der Waals surface area contributed by atoms with Gasteiger partial charge >= 0.3 is 0 Å². The molecule has 2 aromatic rings. The summed E-state index contributed by atoms with van der Waals surface area (Å²) in [5.74, 6) is -8.17. The van der Waals surface area contributed by atoms with Crippen molar-refractivity contribution in [2.75, 3.05) is 4.90 Å². The topological polar surface area (TPSA) is 57.6 Å². The zero-order valence-corrected chi connectivity index (χ0v) is 12.6. The zero-order chi connectivity index (χ0) is 18.5. The smallest absolute Gasteiger partial charge is 0.269 e. The van der Waals surface area contributed by atoms with Crippen molar-refractivity contribution in [2.45, 2.75) is 6.92 Å². The molecule has 0 saturated heterocycles. The highest BCUT2D eigenvalue weighted by Gasteiger charge is 2.38. The summed E-state index contributed by atoms with van der Waals surface area (Å²) in [6.45, 7) is 1.06. The normalized spacial score (nSPS) is 15.4. The maximum atomic E-state index is 13.5. The van der Waals surface area contributed by atoms with Gasteiger partial charge in [-0.15, -0.1) is 0 Å². The van der Waals surface area contributed by atoms with Gasteiger partial charge in [0.25, 0.3) is 5.91 Å². The van der Waals surface area contributed by atoms with Crippen molar-refractivity contribution < 1.29 is 32.3 Å². The molecule has 0 atom stereocenters. The lowest BCUT2D eigenvalue weighted by atomic mass is 10.0. The number of benzene rings is 2. The molecule has 1 heterocycles. The van der Waals surface area contributed by atoms with Crippen molar-refractivity contribution in [1.29, 1.82) is 0 Å². The SMILES string of the molecule is CC(=O)N1C(=O)C(=C(O)c2cc(F)c(F)c(F)c2)c2ccc(F)cc21. The van der Waals surface area contributed by atoms with E-state index in [0.717, 1.165) is 25.1 Å². The fourth-order valence-corrected chi connectivity index (χ4v) is 2.62. The fourth-order valence-electron chi connectivity index (χ4n) is 2.62. The Balaban J connectivity index is 2.28. The van der Waals surface area contributed by atoms with Crippen LogP contribution in [0.1, 0.15) is 18.1 Å². The molecular formula is C17H9F4NO3. The first kappa shape index (κ1) is 16.7. The molecular weight excluding hydrogens is 342 g/mol. The third-order valence-corrected chi connectivity index (χ3v) is 3.70. The molecule has 0 unspecified atom stereocenters. The largest absolute Gasteiger partial charge is 0.506 e. The molecule has 25 heavy (non-hydrogen) atoms. The molecule has 2 aromatic carbocycles. The number of aliphatic hydroxyl groups excluding tert-OH is 1. The number of amides is 2. The second-order valence-corrected chi connectivity index (χ2v) is 5.30. The number of hydrogen-bond donors (Lipinski definition) is 1. The van der Waals surface area contributed by atoms with Crippen molar-refractivity contribution in [3.05, 3.63) is 64.7 Å². The number of carbonyl (C=O) groups is 2. The van der Waals surface area contributed by atoms with Crippen LogP contribution in [0.2, 0.25) is 0 Å². The second-order valence-electron chi connectivity index (χ2n) is 5.30. The predicted molar refractivity (Wildman–Crippen MR) is 80.3 cm³/mol. The van der Waals surface area contributed by atoms with E-state index in [0.29, 0.717) is 17.0 Å². The van der Waals surface area contributed by atoms with Gasteiger partial charge in [0.2, 0.25) is 5.91 Å². The van der Waals surface area contributed by atoms with Gasteiger partial charge in [0.05, 0.1) is 11.3 Å². The lowest BCUT2D eigenvalue weighted by Gasteiger charge is -2.12. The van der Waals surface area contributed by atoms with Crippen molar-refractivity contribution in [1.82, 2.24) is 0 Å². The summed E-state index contributed by atoms with van der Waals surface area (Å²) < 4.78 is 53.3. The van der Waals surface area contributed by atoms with Crippen LogP contribution in [-0.2, 0) is 9.59 Å². The van der Waals surface area contributed by atoms with E-state index in [4.69, 9.17) is 0 Å². The maximum absolute atomic E-state index is 13.5. The number of carbonyl (C=O) groups excluding carboxylic acids is 2. The van der Waals surface area contributed by atoms with Gasteiger partial charge in [0.15, 0.2) is 17.5 Å². The number of imide groups is 1. The lowest BCUT2D eigenvalue weighted by molar-refractivity contribution is -0.122. The molecule has 0 spiro atoms. The number of hydrogen-bond acceptors (Lipinski definition) is 3. The molecule has 0 saturated carbocycles. The molecule has 1 aliphatic heterocycles. The molecule has 2 amide bonds. The van der Waals surface area contributed by atoms with Crippen molar-refractivity contribution in [3.63, 3.8) is 0 Å². The first-order valence-electron chi connectivity index (χ1n) is 6.95. The third kappa shape index (κ3) is 2.55. The van der Waals surface area contributed by atoms with Crippen molar-refractivity contribution in [2.24, 2.45) is 0 Å². The minimum atomic E-state index is -1.73. The summed E-state index contributed by atoms with van der Waals surface area (Å²) in [7, 11) is 0. The quantitative estimate of drug-likeness (QED) is 0.370. The number of rotatable bonds is 1. The Morgan fingerprint density at radius 1 is 1.04 bits per heavy atom. The van der Waals surface area contributed by atoms with E-state index in [2.05, 4.69) is 0 Å². The average Bonchev–Trinajstić information content (AvgIpc) is 2.82. The number of halogens is 4. The maximum Gasteiger partial charge on any atom is 0.269 e. The minimum Gasteiger partial charge on any atom is -0.506 e. The standard InChI is InChI=1S/C17H9F4NO3/c1-7(23)22-13-6-9(18)2-3-10(13)14(17(22)25)16(24)8-4-11(19)15(21)12(20)5-8/h2-6,24H,1H3. The third-order valence-electron chi connectivity index (χ3n) is 3.70. The van der Waals surface area contributed by atoms with Gasteiger partial charge in [0, 0.05) is 18.1 Å². The molecule has 0 aliphatic carbocycles. The Hall–Kier alpha value is -3.16. The average molecular weight is 351 g/mol.